The molecule has 0 fully saturated rings. The highest BCUT2D eigenvalue weighted by atomic mass is 14.7. The Hall–Kier alpha value is -6.97. The summed E-state index contributed by atoms with van der Waals surface area (Å²) in [4.78, 5) is 14.9. The zero-order valence-electron chi connectivity index (χ0n) is 28.1. The molecule has 0 saturated carbocycles. The number of rotatable bonds is 3. The molecule has 240 valence electrons. The largest absolute Gasteiger partial charge is 0.254 e. The standard InChI is InChI=1S/C49H29N3/c1-2-13-35-34(12-1)33(25-26-38(35)44-29-32-11-9-27-50-47(32)49-43(44)20-10-28-51-49)30-21-23-31(24-22-30)46-42-19-8-6-17-40(42)45-39-16-5-3-14-36(39)37-15-4-7-18-41(37)48(45)52-46/h1-29H. The molecule has 0 saturated heterocycles. The zero-order valence-corrected chi connectivity index (χ0v) is 28.1. The zero-order chi connectivity index (χ0) is 34.2. The molecule has 0 amide bonds. The second kappa shape index (κ2) is 11.3. The van der Waals surface area contributed by atoms with Crippen LogP contribution in [0, 0.1) is 0 Å². The number of pyridine rings is 3. The molecule has 0 spiro atoms. The molecule has 0 N–H and O–H groups in total. The van der Waals surface area contributed by atoms with Crippen LogP contribution in [0.15, 0.2) is 176 Å². The lowest BCUT2D eigenvalue weighted by molar-refractivity contribution is 1.37. The summed E-state index contributed by atoms with van der Waals surface area (Å²) in [5.41, 5.74) is 9.72. The number of benzene rings is 8. The van der Waals surface area contributed by atoms with Crippen LogP contribution >= 0.6 is 0 Å². The molecule has 0 bridgehead atoms. The fourth-order valence-corrected chi connectivity index (χ4v) is 8.40. The Balaban J connectivity index is 1.09. The molecule has 3 heteroatoms. The summed E-state index contributed by atoms with van der Waals surface area (Å²) in [6.45, 7) is 0. The van der Waals surface area contributed by atoms with Gasteiger partial charge in [-0.2, -0.15) is 0 Å². The van der Waals surface area contributed by atoms with Crippen LogP contribution in [0.5, 0.6) is 0 Å². The van der Waals surface area contributed by atoms with E-state index in [0.717, 1.165) is 49.5 Å². The van der Waals surface area contributed by atoms with E-state index in [2.05, 4.69) is 157 Å². The third kappa shape index (κ3) is 4.23. The topological polar surface area (TPSA) is 38.7 Å². The van der Waals surface area contributed by atoms with Crippen LogP contribution in [-0.4, -0.2) is 15.0 Å². The van der Waals surface area contributed by atoms with Crippen LogP contribution in [0.3, 0.4) is 0 Å². The molecule has 11 aromatic rings. The minimum absolute atomic E-state index is 0.926. The average molecular weight is 660 g/mol. The maximum atomic E-state index is 5.49. The summed E-state index contributed by atoms with van der Waals surface area (Å²) in [5.74, 6) is 0. The molecule has 0 aliphatic rings. The molecule has 0 aliphatic carbocycles. The van der Waals surface area contributed by atoms with Crippen LogP contribution in [0.4, 0.5) is 0 Å². The van der Waals surface area contributed by atoms with Crippen LogP contribution in [0.1, 0.15) is 0 Å². The average Bonchev–Trinajstić information content (AvgIpc) is 3.23. The lowest BCUT2D eigenvalue weighted by atomic mass is 9.89. The van der Waals surface area contributed by atoms with E-state index in [1.54, 1.807) is 0 Å². The summed E-state index contributed by atoms with van der Waals surface area (Å²) in [6.07, 6.45) is 3.69. The van der Waals surface area contributed by atoms with Gasteiger partial charge in [0.05, 0.1) is 22.2 Å². The van der Waals surface area contributed by atoms with Crippen molar-refractivity contribution in [1.29, 1.82) is 0 Å². The van der Waals surface area contributed by atoms with Gasteiger partial charge in [0, 0.05) is 44.9 Å². The Morgan fingerprint density at radius 2 is 0.827 bits per heavy atom. The fraction of sp³-hybridized carbons (Fsp3) is 0. The quantitative estimate of drug-likeness (QED) is 0.177. The predicted molar refractivity (Wildman–Crippen MR) is 219 cm³/mol. The molecule has 0 unspecified atom stereocenters. The molecule has 52 heavy (non-hydrogen) atoms. The Labute approximate surface area is 299 Å². The van der Waals surface area contributed by atoms with Gasteiger partial charge in [-0.25, -0.2) is 4.98 Å². The van der Waals surface area contributed by atoms with Crippen molar-refractivity contribution in [3.05, 3.63) is 176 Å². The summed E-state index contributed by atoms with van der Waals surface area (Å²) >= 11 is 0. The second-order valence-corrected chi connectivity index (χ2v) is 13.5. The fourth-order valence-electron chi connectivity index (χ4n) is 8.40. The SMILES string of the molecule is c1cnc2c(c1)cc(-c1ccc(-c3ccc(-c4nc5c6ccccc6c6ccccc6c5c5ccccc45)cc3)c3ccccc13)c1cccnc12. The van der Waals surface area contributed by atoms with E-state index in [4.69, 9.17) is 9.97 Å². The van der Waals surface area contributed by atoms with E-state index in [1.165, 1.54) is 59.8 Å². The third-order valence-corrected chi connectivity index (χ3v) is 10.7. The molecule has 0 radical (unpaired) electrons. The molecular weight excluding hydrogens is 631 g/mol. The van der Waals surface area contributed by atoms with Crippen LogP contribution in [0.25, 0.3) is 109 Å². The Morgan fingerprint density at radius 1 is 0.308 bits per heavy atom. The highest BCUT2D eigenvalue weighted by Crippen LogP contribution is 2.43. The highest BCUT2D eigenvalue weighted by molar-refractivity contribution is 6.31. The Morgan fingerprint density at radius 3 is 1.58 bits per heavy atom. The van der Waals surface area contributed by atoms with E-state index < -0.39 is 0 Å². The second-order valence-electron chi connectivity index (χ2n) is 13.5. The van der Waals surface area contributed by atoms with Crippen molar-refractivity contribution in [2.45, 2.75) is 0 Å². The lowest BCUT2D eigenvalue weighted by Crippen LogP contribution is -1.93. The van der Waals surface area contributed by atoms with E-state index in [0.29, 0.717) is 0 Å². The van der Waals surface area contributed by atoms with Gasteiger partial charge >= 0.3 is 0 Å². The molecular formula is C49H29N3. The predicted octanol–water partition coefficient (Wildman–Crippen LogP) is 12.9. The summed E-state index contributed by atoms with van der Waals surface area (Å²) in [6, 6.07) is 58.9. The monoisotopic (exact) mass is 659 g/mol. The molecule has 8 aromatic carbocycles. The Bertz CT molecular complexity index is 3240. The highest BCUT2D eigenvalue weighted by Gasteiger charge is 2.18. The number of hydrogen-bond donors (Lipinski definition) is 0. The molecule has 3 nitrogen and oxygen atoms in total. The first-order valence-electron chi connectivity index (χ1n) is 17.7. The third-order valence-electron chi connectivity index (χ3n) is 10.7. The van der Waals surface area contributed by atoms with Crippen molar-refractivity contribution < 1.29 is 0 Å². The van der Waals surface area contributed by atoms with Crippen LogP contribution < -0.4 is 0 Å². The minimum atomic E-state index is 0.926. The first-order valence-corrected chi connectivity index (χ1v) is 17.7. The van der Waals surface area contributed by atoms with Crippen molar-refractivity contribution in [1.82, 2.24) is 15.0 Å². The van der Waals surface area contributed by atoms with Crippen molar-refractivity contribution in [3.8, 4) is 33.5 Å². The van der Waals surface area contributed by atoms with E-state index in [-0.39, 0.29) is 0 Å². The van der Waals surface area contributed by atoms with Gasteiger partial charge in [-0.15, -0.1) is 0 Å². The summed E-state index contributed by atoms with van der Waals surface area (Å²) < 4.78 is 0. The maximum absolute atomic E-state index is 5.49. The molecule has 0 aliphatic heterocycles. The van der Waals surface area contributed by atoms with E-state index in [1.807, 2.05) is 24.5 Å². The van der Waals surface area contributed by atoms with Gasteiger partial charge in [-0.3, -0.25) is 9.97 Å². The Kier molecular flexibility index (Phi) is 6.25. The minimum Gasteiger partial charge on any atom is -0.254 e. The van der Waals surface area contributed by atoms with Crippen molar-refractivity contribution >= 4 is 75.8 Å². The van der Waals surface area contributed by atoms with Gasteiger partial charge in [0.25, 0.3) is 0 Å². The van der Waals surface area contributed by atoms with Crippen LogP contribution in [0.2, 0.25) is 0 Å². The first-order chi connectivity index (χ1) is 25.8. The number of fused-ring (bicyclic) bond motifs is 12. The van der Waals surface area contributed by atoms with Gasteiger partial charge < -0.3 is 0 Å². The number of hydrogen-bond acceptors (Lipinski definition) is 3. The van der Waals surface area contributed by atoms with Gasteiger partial charge in [-0.1, -0.05) is 146 Å². The van der Waals surface area contributed by atoms with Gasteiger partial charge in [0.1, 0.15) is 0 Å². The lowest BCUT2D eigenvalue weighted by Gasteiger charge is -2.16. The van der Waals surface area contributed by atoms with Crippen LogP contribution in [-0.2, 0) is 0 Å². The van der Waals surface area contributed by atoms with Gasteiger partial charge in [-0.05, 0) is 72.8 Å². The maximum Gasteiger partial charge on any atom is 0.0970 e. The normalized spacial score (nSPS) is 11.8. The summed E-state index contributed by atoms with van der Waals surface area (Å²) in [5, 5.41) is 13.1. The smallest absolute Gasteiger partial charge is 0.0970 e. The molecule has 3 aromatic heterocycles. The van der Waals surface area contributed by atoms with Crippen molar-refractivity contribution in [2.75, 3.05) is 0 Å². The molecule has 11 rings (SSSR count). The summed E-state index contributed by atoms with van der Waals surface area (Å²) in [7, 11) is 0. The van der Waals surface area contributed by atoms with E-state index in [9.17, 15) is 0 Å². The van der Waals surface area contributed by atoms with Crippen molar-refractivity contribution in [2.24, 2.45) is 0 Å². The van der Waals surface area contributed by atoms with Gasteiger partial charge in [0.2, 0.25) is 0 Å². The molecule has 3 heterocycles. The number of nitrogens with zero attached hydrogens (tertiary/aromatic N) is 3. The van der Waals surface area contributed by atoms with Crippen molar-refractivity contribution in [3.63, 3.8) is 0 Å². The first kappa shape index (κ1) is 28.8. The molecule has 0 atom stereocenters. The number of aromatic nitrogens is 3. The van der Waals surface area contributed by atoms with E-state index >= 15 is 0 Å². The van der Waals surface area contributed by atoms with Gasteiger partial charge in [0.15, 0.2) is 0 Å².